The van der Waals surface area contributed by atoms with Crippen LogP contribution in [0.15, 0.2) is 29.6 Å². The van der Waals surface area contributed by atoms with Gasteiger partial charge < -0.3 is 16.0 Å². The topological polar surface area (TPSA) is 75.4 Å². The van der Waals surface area contributed by atoms with E-state index >= 15 is 0 Å². The average Bonchev–Trinajstić information content (AvgIpc) is 3.40. The minimum Gasteiger partial charge on any atom is -0.338 e. The molecule has 7 heteroatoms. The van der Waals surface area contributed by atoms with Crippen LogP contribution >= 0.6 is 23.7 Å². The van der Waals surface area contributed by atoms with Crippen molar-refractivity contribution in [2.45, 2.75) is 25.7 Å². The molecule has 1 aliphatic heterocycles. The summed E-state index contributed by atoms with van der Waals surface area (Å²) in [5.74, 6) is 0.200. The fourth-order valence-electron chi connectivity index (χ4n) is 3.84. The number of nitrogens with two attached hydrogens (primary N) is 1. The van der Waals surface area contributed by atoms with E-state index < -0.39 is 0 Å². The van der Waals surface area contributed by atoms with Crippen LogP contribution in [-0.4, -0.2) is 36.3 Å². The summed E-state index contributed by atoms with van der Waals surface area (Å²) in [4.78, 5) is 27.3. The average molecular weight is 406 g/mol. The number of carbonyl (C=O) groups excluding carboxylic acids is 2. The van der Waals surface area contributed by atoms with E-state index in [1.807, 2.05) is 22.4 Å². The molecule has 0 saturated carbocycles. The lowest BCUT2D eigenvalue weighted by atomic mass is 10.1. The first-order valence-corrected chi connectivity index (χ1v) is 10.0. The molecule has 3 N–H and O–H groups in total. The van der Waals surface area contributed by atoms with Crippen LogP contribution in [0.2, 0.25) is 0 Å². The summed E-state index contributed by atoms with van der Waals surface area (Å²) in [7, 11) is 0. The Morgan fingerprint density at radius 2 is 2.04 bits per heavy atom. The molecule has 2 aliphatic rings. The quantitative estimate of drug-likeness (QED) is 0.819. The Labute approximate surface area is 169 Å². The van der Waals surface area contributed by atoms with Crippen molar-refractivity contribution in [3.63, 3.8) is 0 Å². The summed E-state index contributed by atoms with van der Waals surface area (Å²) in [6, 6.07) is 7.70. The zero-order chi connectivity index (χ0) is 18.1. The van der Waals surface area contributed by atoms with Crippen molar-refractivity contribution in [1.82, 2.24) is 4.90 Å². The fourth-order valence-corrected chi connectivity index (χ4v) is 4.62. The predicted octanol–water partition coefficient (Wildman–Crippen LogP) is 3.33. The molecule has 5 nitrogen and oxygen atoms in total. The Morgan fingerprint density at radius 1 is 1.22 bits per heavy atom. The number of aryl methyl sites for hydroxylation is 2. The van der Waals surface area contributed by atoms with E-state index in [-0.39, 0.29) is 24.2 Å². The third-order valence-corrected chi connectivity index (χ3v) is 6.22. The summed E-state index contributed by atoms with van der Waals surface area (Å²) in [5, 5.41) is 5.41. The number of carbonyl (C=O) groups is 2. The lowest BCUT2D eigenvalue weighted by molar-refractivity contribution is 0.0789. The van der Waals surface area contributed by atoms with Gasteiger partial charge in [-0.25, -0.2) is 0 Å². The number of nitrogens with zero attached hydrogens (tertiary/aromatic N) is 1. The first-order valence-electron chi connectivity index (χ1n) is 9.15. The van der Waals surface area contributed by atoms with Crippen LogP contribution < -0.4 is 11.1 Å². The molecule has 27 heavy (non-hydrogen) atoms. The summed E-state index contributed by atoms with van der Waals surface area (Å²) < 4.78 is 0. The number of fused-ring (bicyclic) bond motifs is 1. The molecule has 4 rings (SSSR count). The van der Waals surface area contributed by atoms with Crippen LogP contribution in [0, 0.1) is 5.92 Å². The van der Waals surface area contributed by atoms with Crippen LogP contribution in [0.25, 0.3) is 0 Å². The van der Waals surface area contributed by atoms with Crippen LogP contribution in [-0.2, 0) is 12.8 Å². The number of hydrogen-bond acceptors (Lipinski definition) is 4. The van der Waals surface area contributed by atoms with Gasteiger partial charge in [-0.3, -0.25) is 9.59 Å². The highest BCUT2D eigenvalue weighted by molar-refractivity contribution is 7.14. The molecule has 2 aromatic rings. The van der Waals surface area contributed by atoms with Crippen molar-refractivity contribution in [2.75, 3.05) is 25.0 Å². The monoisotopic (exact) mass is 405 g/mol. The molecule has 1 atom stereocenters. The van der Waals surface area contributed by atoms with Crippen molar-refractivity contribution < 1.29 is 9.59 Å². The Bertz CT molecular complexity index is 852. The van der Waals surface area contributed by atoms with E-state index in [0.717, 1.165) is 32.2 Å². The number of thiophene rings is 1. The van der Waals surface area contributed by atoms with Gasteiger partial charge in [0.1, 0.15) is 5.00 Å². The highest BCUT2D eigenvalue weighted by Gasteiger charge is 2.28. The summed E-state index contributed by atoms with van der Waals surface area (Å²) in [6.45, 7) is 2.04. The van der Waals surface area contributed by atoms with E-state index in [9.17, 15) is 9.59 Å². The molecule has 0 radical (unpaired) electrons. The highest BCUT2D eigenvalue weighted by Crippen LogP contribution is 2.28. The minimum atomic E-state index is -0.155. The first kappa shape index (κ1) is 19.9. The first-order chi connectivity index (χ1) is 12.7. The van der Waals surface area contributed by atoms with Crippen molar-refractivity contribution in [1.29, 1.82) is 0 Å². The van der Waals surface area contributed by atoms with Crippen LogP contribution in [0.5, 0.6) is 0 Å². The molecule has 0 bridgehead atoms. The Hall–Kier alpha value is -1.89. The second-order valence-corrected chi connectivity index (χ2v) is 8.01. The van der Waals surface area contributed by atoms with E-state index in [2.05, 4.69) is 11.4 Å². The molecule has 2 amide bonds. The van der Waals surface area contributed by atoms with Gasteiger partial charge in [0.05, 0.1) is 5.56 Å². The second kappa shape index (κ2) is 8.42. The number of anilines is 1. The van der Waals surface area contributed by atoms with Gasteiger partial charge in [-0.05, 0) is 72.9 Å². The van der Waals surface area contributed by atoms with E-state index in [1.165, 1.54) is 22.5 Å². The third-order valence-electron chi connectivity index (χ3n) is 5.39. The lowest BCUT2D eigenvalue weighted by Gasteiger charge is -2.16. The maximum atomic E-state index is 12.8. The van der Waals surface area contributed by atoms with Gasteiger partial charge >= 0.3 is 0 Å². The highest BCUT2D eigenvalue weighted by atomic mass is 35.5. The third kappa shape index (κ3) is 4.03. The van der Waals surface area contributed by atoms with Crippen LogP contribution in [0.3, 0.4) is 0 Å². The SMILES string of the molecule is Cl.NCC1CCN(C(=O)c2ccsc2NC(=O)c2ccc3c(c2)CCC3)C1. The number of benzene rings is 1. The predicted molar refractivity (Wildman–Crippen MR) is 111 cm³/mol. The van der Waals surface area contributed by atoms with Gasteiger partial charge in [0.25, 0.3) is 11.8 Å². The maximum absolute atomic E-state index is 12.8. The molecule has 144 valence electrons. The zero-order valence-electron chi connectivity index (χ0n) is 15.1. The molecule has 1 aliphatic carbocycles. The Balaban J connectivity index is 0.00000210. The number of hydrogen-bond donors (Lipinski definition) is 2. The molecule has 1 aromatic carbocycles. The number of amides is 2. The number of rotatable bonds is 4. The lowest BCUT2D eigenvalue weighted by Crippen LogP contribution is -2.30. The summed E-state index contributed by atoms with van der Waals surface area (Å²) in [5.41, 5.74) is 9.56. The van der Waals surface area contributed by atoms with Gasteiger partial charge in [0.2, 0.25) is 0 Å². The normalized spacial score (nSPS) is 18.1. The summed E-state index contributed by atoms with van der Waals surface area (Å²) >= 11 is 1.39. The van der Waals surface area contributed by atoms with Gasteiger partial charge in [0.15, 0.2) is 0 Å². The molecule has 2 heterocycles. The second-order valence-electron chi connectivity index (χ2n) is 7.10. The van der Waals surface area contributed by atoms with E-state index in [4.69, 9.17) is 5.73 Å². The van der Waals surface area contributed by atoms with Crippen LogP contribution in [0.4, 0.5) is 5.00 Å². The van der Waals surface area contributed by atoms with Crippen molar-refractivity contribution in [3.8, 4) is 0 Å². The zero-order valence-corrected chi connectivity index (χ0v) is 16.7. The molecular weight excluding hydrogens is 382 g/mol. The molecule has 0 spiro atoms. The van der Waals surface area contributed by atoms with Crippen molar-refractivity contribution in [3.05, 3.63) is 51.9 Å². The fraction of sp³-hybridized carbons (Fsp3) is 0.400. The van der Waals surface area contributed by atoms with Gasteiger partial charge in [-0.15, -0.1) is 23.7 Å². The minimum absolute atomic E-state index is 0. The molecule has 1 saturated heterocycles. The number of likely N-dealkylation sites (tertiary alicyclic amines) is 1. The van der Waals surface area contributed by atoms with Gasteiger partial charge in [0, 0.05) is 18.7 Å². The Morgan fingerprint density at radius 3 is 2.81 bits per heavy atom. The van der Waals surface area contributed by atoms with E-state index in [0.29, 0.717) is 35.1 Å². The smallest absolute Gasteiger partial charge is 0.256 e. The van der Waals surface area contributed by atoms with Crippen molar-refractivity contribution >= 4 is 40.6 Å². The largest absolute Gasteiger partial charge is 0.338 e. The maximum Gasteiger partial charge on any atom is 0.256 e. The van der Waals surface area contributed by atoms with E-state index in [1.54, 1.807) is 6.07 Å². The Kier molecular flexibility index (Phi) is 6.19. The molecular formula is C20H24ClN3O2S. The summed E-state index contributed by atoms with van der Waals surface area (Å²) in [6.07, 6.45) is 4.24. The van der Waals surface area contributed by atoms with Gasteiger partial charge in [-0.2, -0.15) is 0 Å². The van der Waals surface area contributed by atoms with Crippen molar-refractivity contribution in [2.24, 2.45) is 11.7 Å². The number of nitrogens with one attached hydrogen (secondary N) is 1. The number of halogens is 1. The van der Waals surface area contributed by atoms with Gasteiger partial charge in [-0.1, -0.05) is 6.07 Å². The molecule has 1 unspecified atom stereocenters. The standard InChI is InChI=1S/C20H23N3O2S.ClH/c21-11-13-6-8-23(12-13)20(25)17-7-9-26-19(17)22-18(24)16-5-4-14-2-1-3-15(14)10-16;/h4-5,7,9-10,13H,1-3,6,8,11-12,21H2,(H,22,24);1H. The van der Waals surface area contributed by atoms with Crippen LogP contribution in [0.1, 0.15) is 44.7 Å². The molecule has 1 fully saturated rings. The molecule has 1 aromatic heterocycles.